The molecule has 5 N–H and O–H groups in total. The van der Waals surface area contributed by atoms with E-state index in [0.717, 1.165) is 0 Å². The highest BCUT2D eigenvalue weighted by molar-refractivity contribution is 7.86. The zero-order valence-corrected chi connectivity index (χ0v) is 9.70. The molecule has 17 heavy (non-hydrogen) atoms. The van der Waals surface area contributed by atoms with E-state index in [2.05, 4.69) is 0 Å². The molecule has 0 rings (SSSR count). The van der Waals surface area contributed by atoms with Gasteiger partial charge in [0.05, 0.1) is 0 Å². The Morgan fingerprint density at radius 3 is 0.941 bits per heavy atom. The van der Waals surface area contributed by atoms with Crippen molar-refractivity contribution >= 4 is 28.8 Å². The Labute approximate surface area is 93.0 Å². The van der Waals surface area contributed by atoms with Gasteiger partial charge in [-0.05, 0) is 0 Å². The third-order valence-corrected chi connectivity index (χ3v) is 0.877. The quantitative estimate of drug-likeness (QED) is 0.217. The van der Waals surface area contributed by atoms with Crippen LogP contribution in [-0.2, 0) is 25.1 Å². The van der Waals surface area contributed by atoms with E-state index in [4.69, 9.17) is 44.8 Å². The second-order valence-electron chi connectivity index (χ2n) is 1.62. The average Bonchev–Trinajstić information content (AvgIpc) is 1.73. The van der Waals surface area contributed by atoms with Gasteiger partial charge in [-0.2, -0.15) is 30.0 Å². The summed E-state index contributed by atoms with van der Waals surface area (Å²) in [6.45, 7) is 0. The molecule has 0 heterocycles. The molecule has 0 saturated carbocycles. The van der Waals surface area contributed by atoms with Crippen LogP contribution in [0.5, 0.6) is 0 Å². The number of rotatable bonds is 0. The van der Waals surface area contributed by atoms with Crippen molar-refractivity contribution in [3.8, 4) is 0 Å². The van der Waals surface area contributed by atoms with E-state index < -0.39 is 34.3 Å². The monoisotopic (exact) mass is 329 g/mol. The summed E-state index contributed by atoms with van der Waals surface area (Å²) in [5.41, 5.74) is -5.53. The average molecular weight is 329 g/mol. The first kappa shape index (κ1) is 21.8. The van der Waals surface area contributed by atoms with Gasteiger partial charge in [0.15, 0.2) is 0 Å². The summed E-state index contributed by atoms with van der Waals surface area (Å²) in [5.74, 6) is 0. The lowest BCUT2D eigenvalue weighted by Gasteiger charge is -1.97. The van der Waals surface area contributed by atoms with Gasteiger partial charge in [0.1, 0.15) is 0 Å². The zero-order valence-electron chi connectivity index (χ0n) is 7.17. The van der Waals surface area contributed by atoms with Gasteiger partial charge in [-0.3, -0.25) is 13.7 Å². The van der Waals surface area contributed by atoms with Crippen molar-refractivity contribution in [1.82, 2.24) is 0 Å². The fourth-order valence-corrected chi connectivity index (χ4v) is 0. The van der Waals surface area contributed by atoms with Crippen LogP contribution < -0.4 is 0 Å². The summed E-state index contributed by atoms with van der Waals surface area (Å²) >= 11 is 0. The lowest BCUT2D eigenvalue weighted by molar-refractivity contribution is -0.0510. The molecule has 0 saturated heterocycles. The molecule has 106 valence electrons. The summed E-state index contributed by atoms with van der Waals surface area (Å²) in [6, 6.07) is 0. The highest BCUT2D eigenvalue weighted by Crippen LogP contribution is 2.20. The van der Waals surface area contributed by atoms with E-state index in [0.29, 0.717) is 0 Å². The van der Waals surface area contributed by atoms with Crippen molar-refractivity contribution in [2.45, 2.75) is 5.51 Å². The van der Waals surface area contributed by atoms with Crippen molar-refractivity contribution < 1.29 is 58.0 Å². The van der Waals surface area contributed by atoms with Crippen LogP contribution in [0.3, 0.4) is 0 Å². The van der Waals surface area contributed by atoms with Crippen LogP contribution in [-0.4, -0.2) is 45.8 Å². The molecule has 0 fully saturated rings. The molecule has 0 bridgehead atoms. The van der Waals surface area contributed by atoms with Crippen LogP contribution in [0.1, 0.15) is 0 Å². The summed E-state index contributed by atoms with van der Waals surface area (Å²) < 4.78 is 97.8. The van der Waals surface area contributed by atoms with Crippen molar-refractivity contribution in [3.05, 3.63) is 0 Å². The van der Waals surface area contributed by atoms with Gasteiger partial charge >= 0.3 is 34.3 Å². The van der Waals surface area contributed by atoms with E-state index >= 15 is 0 Å². The van der Waals surface area contributed by atoms with Crippen LogP contribution in [0.25, 0.3) is 0 Å². The first-order valence-electron chi connectivity index (χ1n) is 2.57. The summed E-state index contributed by atoms with van der Waals surface area (Å²) in [4.78, 5) is 14.2. The van der Waals surface area contributed by atoms with Gasteiger partial charge in [0.25, 0.3) is 0 Å². The molecule has 0 amide bonds. The molecule has 10 nitrogen and oxygen atoms in total. The Balaban J connectivity index is -0.000000188. The lowest BCUT2D eigenvalue weighted by atomic mass is 11.6. The maximum absolute atomic E-state index is 10.7. The van der Waals surface area contributed by atoms with Crippen molar-refractivity contribution in [2.24, 2.45) is 0 Å². The number of hydrogen-bond acceptors (Lipinski definition) is 5. The molecule has 0 aromatic rings. The Kier molecular flexibility index (Phi) is 10.1. The van der Waals surface area contributed by atoms with Crippen LogP contribution in [0, 0.1) is 0 Å². The minimum Gasteiger partial charge on any atom is -0.279 e. The first-order chi connectivity index (χ1) is 6.98. The van der Waals surface area contributed by atoms with Gasteiger partial charge in [-0.1, -0.05) is 0 Å². The highest BCUT2D eigenvalue weighted by atomic mass is 32.3. The molecular weight excluding hydrogens is 324 g/mol. The standard InChI is InChI=1S/CHF3O3S.H2O4S.HO3P/c2-1(3,4)8(5,6)7;1-5(2,3)4;1-4(2)3/h(H,5,6,7);(H2,1,2,3,4);(H-,1,2,3)/p+1. The van der Waals surface area contributed by atoms with Crippen LogP contribution in [0.15, 0.2) is 0 Å². The topological polar surface area (TPSA) is 186 Å². The molecule has 0 unspecified atom stereocenters. The summed E-state index contributed by atoms with van der Waals surface area (Å²) in [5, 5.41) is 0. The van der Waals surface area contributed by atoms with Gasteiger partial charge in [0, 0.05) is 4.57 Å². The minimum absolute atomic E-state index is 2.87. The predicted octanol–water partition coefficient (Wildman–Crippen LogP) is -0.630. The minimum atomic E-state index is -5.84. The molecule has 0 atom stereocenters. The maximum atomic E-state index is 10.7. The normalized spacial score (nSPS) is 11.5. The third kappa shape index (κ3) is 39.0. The maximum Gasteiger partial charge on any atom is 0.692 e. The van der Waals surface area contributed by atoms with E-state index in [1.807, 2.05) is 0 Å². The molecule has 0 aliphatic rings. The van der Waals surface area contributed by atoms with Crippen LogP contribution >= 0.6 is 8.25 Å². The summed E-state index contributed by atoms with van der Waals surface area (Å²) in [6.07, 6.45) is 0. The first-order valence-corrected chi connectivity index (χ1v) is 6.57. The van der Waals surface area contributed by atoms with Crippen molar-refractivity contribution in [1.29, 1.82) is 0 Å². The number of alkyl halides is 3. The molecule has 0 aliphatic heterocycles. The second-order valence-corrected chi connectivity index (χ2v) is 4.44. The smallest absolute Gasteiger partial charge is 0.279 e. The van der Waals surface area contributed by atoms with Gasteiger partial charge in [-0.25, -0.2) is 0 Å². The van der Waals surface area contributed by atoms with Gasteiger partial charge in [0.2, 0.25) is 0 Å². The van der Waals surface area contributed by atoms with E-state index in [-0.39, 0.29) is 0 Å². The van der Waals surface area contributed by atoms with E-state index in [9.17, 15) is 13.2 Å². The largest absolute Gasteiger partial charge is 0.692 e. The lowest BCUT2D eigenvalue weighted by Crippen LogP contribution is -2.21. The second kappa shape index (κ2) is 7.83. The highest BCUT2D eigenvalue weighted by Gasteiger charge is 2.44. The molecular formula is CH5F3O10PS2+. The molecule has 0 radical (unpaired) electrons. The SMILES string of the molecule is O=S(=O)(O)C(F)(F)F.O=S(=O)(O)O.O=[P+](O)O. The van der Waals surface area contributed by atoms with Crippen molar-refractivity contribution in [2.75, 3.05) is 0 Å². The Hall–Kier alpha value is -0.410. The molecule has 0 aromatic heterocycles. The molecule has 16 heteroatoms. The van der Waals surface area contributed by atoms with Crippen LogP contribution in [0.2, 0.25) is 0 Å². The Bertz CT molecular complexity index is 405. The Morgan fingerprint density at radius 1 is 0.882 bits per heavy atom. The molecule has 0 aliphatic carbocycles. The zero-order chi connectivity index (χ0) is 15.1. The van der Waals surface area contributed by atoms with Crippen LogP contribution in [0.4, 0.5) is 13.2 Å². The fourth-order valence-electron chi connectivity index (χ4n) is 0. The molecule has 0 spiro atoms. The number of hydrogen-bond donors (Lipinski definition) is 5. The summed E-state index contributed by atoms with van der Waals surface area (Å²) in [7, 11) is -13.4. The third-order valence-electron chi connectivity index (χ3n) is 0.292. The Morgan fingerprint density at radius 2 is 0.941 bits per heavy atom. The fraction of sp³-hybridized carbons (Fsp3) is 1.00. The molecule has 0 aromatic carbocycles. The predicted molar refractivity (Wildman–Crippen MR) is 43.8 cm³/mol. The van der Waals surface area contributed by atoms with Gasteiger partial charge in [-0.15, -0.1) is 9.79 Å². The van der Waals surface area contributed by atoms with Crippen molar-refractivity contribution in [3.63, 3.8) is 0 Å². The number of halogens is 3. The van der Waals surface area contributed by atoms with E-state index in [1.54, 1.807) is 0 Å². The van der Waals surface area contributed by atoms with E-state index in [1.165, 1.54) is 0 Å². The van der Waals surface area contributed by atoms with Gasteiger partial charge < -0.3 is 0 Å².